The number of carbonyl (C=O) groups excluding carboxylic acids is 1. The van der Waals surface area contributed by atoms with Gasteiger partial charge < -0.3 is 15.4 Å². The Morgan fingerprint density at radius 1 is 1.37 bits per heavy atom. The third kappa shape index (κ3) is 5.37. The second kappa shape index (κ2) is 9.43. The van der Waals surface area contributed by atoms with Gasteiger partial charge in [0.05, 0.1) is 18.2 Å². The van der Waals surface area contributed by atoms with Gasteiger partial charge in [0.2, 0.25) is 11.8 Å². The molecule has 0 fully saturated rings. The van der Waals surface area contributed by atoms with E-state index in [1.807, 2.05) is 13.0 Å². The van der Waals surface area contributed by atoms with Crippen molar-refractivity contribution >= 4 is 17.5 Å². The highest BCUT2D eigenvalue weighted by Crippen LogP contribution is 2.30. The zero-order valence-electron chi connectivity index (χ0n) is 16.8. The molecule has 7 nitrogen and oxygen atoms in total. The number of Topliss-reactive ketones (excluding diaryl/α,β-unsaturated/α-hetero) is 1. The van der Waals surface area contributed by atoms with Crippen LogP contribution in [0.15, 0.2) is 24.3 Å². The van der Waals surface area contributed by atoms with Crippen LogP contribution in [0.2, 0.25) is 0 Å². The number of nitrogens with zero attached hydrogens (tertiary/aromatic N) is 4. The second-order valence-electron chi connectivity index (χ2n) is 6.67. The van der Waals surface area contributed by atoms with Gasteiger partial charge in [-0.3, -0.25) is 4.79 Å². The van der Waals surface area contributed by atoms with Gasteiger partial charge in [0, 0.05) is 13.5 Å². The molecule has 2 aromatic rings. The van der Waals surface area contributed by atoms with Crippen molar-refractivity contribution in [3.8, 4) is 11.9 Å². The summed E-state index contributed by atoms with van der Waals surface area (Å²) in [6.07, 6.45) is -4.01. The summed E-state index contributed by atoms with van der Waals surface area (Å²) in [5.74, 6) is -0.347. The molecule has 0 amide bonds. The number of carbonyl (C=O) groups is 1. The van der Waals surface area contributed by atoms with Gasteiger partial charge in [0.15, 0.2) is 17.2 Å². The molecule has 0 spiro atoms. The number of ether oxygens (including phenoxy) is 1. The number of nitrogen functional groups attached to an aromatic ring is 1. The fourth-order valence-corrected chi connectivity index (χ4v) is 2.71. The summed E-state index contributed by atoms with van der Waals surface area (Å²) >= 11 is 0. The summed E-state index contributed by atoms with van der Waals surface area (Å²) in [7, 11) is 1.54. The molecule has 0 bridgehead atoms. The maximum absolute atomic E-state index is 12.9. The standard InChI is InChI=1S/C20H22F3N5O2/c1-4-8-30-18-15(11-24)17(26-19(25)27-18)28(3)12(2)16(29)10-13-6-5-7-14(9-13)20(21,22)23/h5-7,9,12H,4,8,10H2,1-3H3,(H2,25,26,27)/t12-/m0/s1. The summed E-state index contributed by atoms with van der Waals surface area (Å²) in [6.45, 7) is 3.78. The average Bonchev–Trinajstić information content (AvgIpc) is 2.70. The van der Waals surface area contributed by atoms with E-state index in [2.05, 4.69) is 9.97 Å². The maximum Gasteiger partial charge on any atom is 0.416 e. The number of nitriles is 1. The molecule has 10 heteroatoms. The van der Waals surface area contributed by atoms with Crippen LogP contribution >= 0.6 is 0 Å². The average molecular weight is 421 g/mol. The molecule has 0 aliphatic carbocycles. The first-order chi connectivity index (χ1) is 14.1. The number of nitrogens with two attached hydrogens (primary N) is 1. The largest absolute Gasteiger partial charge is 0.477 e. The molecule has 0 radical (unpaired) electrons. The zero-order chi connectivity index (χ0) is 22.5. The SMILES string of the molecule is CCCOc1nc(N)nc(N(C)[C@@H](C)C(=O)Cc2cccc(C(F)(F)F)c2)c1C#N. The van der Waals surface area contributed by atoms with Crippen molar-refractivity contribution < 1.29 is 22.7 Å². The minimum absolute atomic E-state index is 0.0197. The van der Waals surface area contributed by atoms with Crippen molar-refractivity contribution in [1.82, 2.24) is 9.97 Å². The van der Waals surface area contributed by atoms with Crippen molar-refractivity contribution in [3.63, 3.8) is 0 Å². The summed E-state index contributed by atoms with van der Waals surface area (Å²) in [5, 5.41) is 9.53. The van der Waals surface area contributed by atoms with Crippen LogP contribution in [0.3, 0.4) is 0 Å². The minimum Gasteiger partial charge on any atom is -0.477 e. The molecule has 1 aromatic heterocycles. The Hall–Kier alpha value is -3.35. The third-order valence-corrected chi connectivity index (χ3v) is 4.44. The Bertz CT molecular complexity index is 956. The fourth-order valence-electron chi connectivity index (χ4n) is 2.71. The number of hydrogen-bond acceptors (Lipinski definition) is 7. The van der Waals surface area contributed by atoms with Gasteiger partial charge >= 0.3 is 6.18 Å². The first-order valence-corrected chi connectivity index (χ1v) is 9.20. The molecular formula is C20H22F3N5O2. The molecule has 0 aliphatic heterocycles. The van der Waals surface area contributed by atoms with Crippen molar-refractivity contribution in [2.45, 2.75) is 38.9 Å². The summed E-state index contributed by atoms with van der Waals surface area (Å²) in [4.78, 5) is 22.1. The normalized spacial score (nSPS) is 12.2. The first-order valence-electron chi connectivity index (χ1n) is 9.20. The van der Waals surface area contributed by atoms with Crippen LogP contribution in [0, 0.1) is 11.3 Å². The number of halogens is 3. The van der Waals surface area contributed by atoms with E-state index in [1.165, 1.54) is 17.0 Å². The van der Waals surface area contributed by atoms with Gasteiger partial charge in [-0.1, -0.05) is 25.1 Å². The van der Waals surface area contributed by atoms with Crippen LogP contribution in [-0.2, 0) is 17.4 Å². The molecule has 0 saturated carbocycles. The summed E-state index contributed by atoms with van der Waals surface area (Å²) in [5.41, 5.74) is 5.17. The summed E-state index contributed by atoms with van der Waals surface area (Å²) in [6, 6.07) is 5.79. The minimum atomic E-state index is -4.49. The number of ketones is 1. The topological polar surface area (TPSA) is 105 Å². The Morgan fingerprint density at radius 2 is 2.07 bits per heavy atom. The number of alkyl halides is 3. The van der Waals surface area contributed by atoms with Crippen LogP contribution in [0.4, 0.5) is 24.9 Å². The van der Waals surface area contributed by atoms with Crippen molar-refractivity contribution in [3.05, 3.63) is 41.0 Å². The van der Waals surface area contributed by atoms with Crippen molar-refractivity contribution in [2.24, 2.45) is 0 Å². The first kappa shape index (κ1) is 22.9. The van der Waals surface area contributed by atoms with Crippen LogP contribution in [-0.4, -0.2) is 35.4 Å². The van der Waals surface area contributed by atoms with E-state index in [4.69, 9.17) is 10.5 Å². The molecule has 0 unspecified atom stereocenters. The molecule has 2 N–H and O–H groups in total. The quantitative estimate of drug-likeness (QED) is 0.697. The Balaban J connectivity index is 2.27. The van der Waals surface area contributed by atoms with Crippen LogP contribution < -0.4 is 15.4 Å². The predicted molar refractivity (Wildman–Crippen MR) is 105 cm³/mol. The molecule has 160 valence electrons. The predicted octanol–water partition coefficient (Wildman–Crippen LogP) is 3.37. The molecule has 30 heavy (non-hydrogen) atoms. The monoisotopic (exact) mass is 421 g/mol. The fraction of sp³-hybridized carbons (Fsp3) is 0.400. The van der Waals surface area contributed by atoms with Gasteiger partial charge in [0.25, 0.3) is 0 Å². The molecule has 1 atom stereocenters. The number of benzene rings is 1. The van der Waals surface area contributed by atoms with Crippen molar-refractivity contribution in [2.75, 3.05) is 24.3 Å². The Labute approximate surface area is 172 Å². The lowest BCUT2D eigenvalue weighted by Crippen LogP contribution is -2.38. The van der Waals surface area contributed by atoms with E-state index in [9.17, 15) is 23.2 Å². The van der Waals surface area contributed by atoms with E-state index in [1.54, 1.807) is 14.0 Å². The molecule has 1 aromatic carbocycles. The molecule has 2 rings (SSSR count). The van der Waals surface area contributed by atoms with Crippen LogP contribution in [0.5, 0.6) is 5.88 Å². The number of anilines is 2. The number of rotatable bonds is 8. The highest BCUT2D eigenvalue weighted by Gasteiger charge is 2.31. The van der Waals surface area contributed by atoms with Crippen molar-refractivity contribution in [1.29, 1.82) is 5.26 Å². The summed E-state index contributed by atoms with van der Waals surface area (Å²) < 4.78 is 44.2. The third-order valence-electron chi connectivity index (χ3n) is 4.44. The highest BCUT2D eigenvalue weighted by atomic mass is 19.4. The van der Waals surface area contributed by atoms with E-state index in [0.717, 1.165) is 12.1 Å². The van der Waals surface area contributed by atoms with Gasteiger partial charge in [-0.05, 0) is 25.0 Å². The van der Waals surface area contributed by atoms with E-state index in [-0.39, 0.29) is 41.0 Å². The van der Waals surface area contributed by atoms with Gasteiger partial charge in [-0.25, -0.2) is 0 Å². The van der Waals surface area contributed by atoms with Gasteiger partial charge in [0.1, 0.15) is 6.07 Å². The van der Waals surface area contributed by atoms with E-state index < -0.39 is 17.8 Å². The van der Waals surface area contributed by atoms with Gasteiger partial charge in [-0.15, -0.1) is 0 Å². The van der Waals surface area contributed by atoms with E-state index in [0.29, 0.717) is 13.0 Å². The maximum atomic E-state index is 12.9. The molecular weight excluding hydrogens is 399 g/mol. The zero-order valence-corrected chi connectivity index (χ0v) is 16.8. The smallest absolute Gasteiger partial charge is 0.416 e. The van der Waals surface area contributed by atoms with Crippen LogP contribution in [0.1, 0.15) is 37.0 Å². The lowest BCUT2D eigenvalue weighted by atomic mass is 10.0. The number of likely N-dealkylation sites (N-methyl/N-ethyl adjacent to an activating group) is 1. The lowest BCUT2D eigenvalue weighted by Gasteiger charge is -2.26. The number of aromatic nitrogens is 2. The van der Waals surface area contributed by atoms with Gasteiger partial charge in [-0.2, -0.15) is 28.4 Å². The number of hydrogen-bond donors (Lipinski definition) is 1. The second-order valence-corrected chi connectivity index (χ2v) is 6.67. The molecule has 0 saturated heterocycles. The Morgan fingerprint density at radius 3 is 2.67 bits per heavy atom. The Kier molecular flexibility index (Phi) is 7.21. The molecule has 1 heterocycles. The highest BCUT2D eigenvalue weighted by molar-refractivity contribution is 5.88. The molecule has 0 aliphatic rings. The lowest BCUT2D eigenvalue weighted by molar-refractivity contribution is -0.137. The van der Waals surface area contributed by atoms with Crippen LogP contribution in [0.25, 0.3) is 0 Å². The van der Waals surface area contributed by atoms with E-state index >= 15 is 0 Å².